The van der Waals surface area contributed by atoms with Crippen LogP contribution in [0.2, 0.25) is 0 Å². The van der Waals surface area contributed by atoms with E-state index in [0.717, 1.165) is 12.1 Å². The second-order valence-corrected chi connectivity index (χ2v) is 6.07. The average Bonchev–Trinajstić information content (AvgIpc) is 2.40. The maximum atomic E-state index is 12.4. The van der Waals surface area contributed by atoms with Gasteiger partial charge in [0.2, 0.25) is 0 Å². The molecule has 0 heterocycles. The Kier molecular flexibility index (Phi) is 6.26. The Hall–Kier alpha value is -1.96. The first-order chi connectivity index (χ1) is 10.5. The Morgan fingerprint density at radius 2 is 1.78 bits per heavy atom. The van der Waals surface area contributed by atoms with Crippen LogP contribution < -0.4 is 15.4 Å². The molecule has 0 radical (unpaired) electrons. The number of urea groups is 1. The predicted molar refractivity (Wildman–Crippen MR) is 79.2 cm³/mol. The molecule has 1 unspecified atom stereocenters. The monoisotopic (exact) mass is 334 g/mol. The van der Waals surface area contributed by atoms with E-state index in [0.29, 0.717) is 0 Å². The van der Waals surface area contributed by atoms with Crippen LogP contribution in [0.25, 0.3) is 0 Å². The van der Waals surface area contributed by atoms with E-state index in [-0.39, 0.29) is 18.9 Å². The summed E-state index contributed by atoms with van der Waals surface area (Å²) < 4.78 is 42.4. The van der Waals surface area contributed by atoms with Crippen molar-refractivity contribution >= 4 is 6.03 Å². The molecule has 0 fully saturated rings. The molecule has 0 saturated carbocycles. The summed E-state index contributed by atoms with van der Waals surface area (Å²) in [4.78, 5) is 11.5. The van der Waals surface area contributed by atoms with E-state index in [1.54, 1.807) is 0 Å². The highest BCUT2D eigenvalue weighted by atomic mass is 19.4. The zero-order valence-electron chi connectivity index (χ0n) is 13.2. The van der Waals surface area contributed by atoms with Gasteiger partial charge in [0.05, 0.1) is 5.56 Å². The number of ether oxygens (including phenoxy) is 1. The van der Waals surface area contributed by atoms with Crippen LogP contribution in [0.5, 0.6) is 5.75 Å². The molecule has 2 amide bonds. The van der Waals surface area contributed by atoms with Gasteiger partial charge in [-0.25, -0.2) is 4.79 Å². The second-order valence-electron chi connectivity index (χ2n) is 6.07. The maximum absolute atomic E-state index is 12.4. The van der Waals surface area contributed by atoms with Crippen LogP contribution in [-0.4, -0.2) is 35.9 Å². The lowest BCUT2D eigenvalue weighted by Gasteiger charge is -2.21. The smallest absolute Gasteiger partial charge is 0.416 e. The van der Waals surface area contributed by atoms with E-state index in [9.17, 15) is 23.1 Å². The number of carbonyl (C=O) groups is 1. The fourth-order valence-corrected chi connectivity index (χ4v) is 1.59. The number of rotatable bonds is 5. The SMILES string of the molecule is CC(C)(C)NC(=O)NCC(O)COc1ccc(C(F)(F)F)cc1. The van der Waals surface area contributed by atoms with E-state index in [2.05, 4.69) is 10.6 Å². The number of halogens is 3. The van der Waals surface area contributed by atoms with E-state index >= 15 is 0 Å². The van der Waals surface area contributed by atoms with Crippen molar-refractivity contribution < 1.29 is 27.8 Å². The minimum absolute atomic E-state index is 0.0391. The highest BCUT2D eigenvalue weighted by Crippen LogP contribution is 2.30. The zero-order chi connectivity index (χ0) is 17.7. The van der Waals surface area contributed by atoms with Crippen molar-refractivity contribution in [2.75, 3.05) is 13.2 Å². The Balaban J connectivity index is 2.36. The molecule has 0 spiro atoms. The molecule has 0 saturated heterocycles. The van der Waals surface area contributed by atoms with Crippen molar-refractivity contribution in [1.82, 2.24) is 10.6 Å². The van der Waals surface area contributed by atoms with Gasteiger partial charge in [0, 0.05) is 12.1 Å². The summed E-state index contributed by atoms with van der Waals surface area (Å²) in [5, 5.41) is 14.8. The Morgan fingerprint density at radius 1 is 1.22 bits per heavy atom. The quantitative estimate of drug-likeness (QED) is 0.775. The van der Waals surface area contributed by atoms with Crippen LogP contribution in [0.3, 0.4) is 0 Å². The molecule has 1 rings (SSSR count). The second kappa shape index (κ2) is 7.54. The predicted octanol–water partition coefficient (Wildman–Crippen LogP) is 2.54. The van der Waals surface area contributed by atoms with Gasteiger partial charge in [-0.15, -0.1) is 0 Å². The van der Waals surface area contributed by atoms with Gasteiger partial charge in [-0.05, 0) is 45.0 Å². The maximum Gasteiger partial charge on any atom is 0.416 e. The van der Waals surface area contributed by atoms with Crippen molar-refractivity contribution in [3.05, 3.63) is 29.8 Å². The lowest BCUT2D eigenvalue weighted by Crippen LogP contribution is -2.48. The summed E-state index contributed by atoms with van der Waals surface area (Å²) in [6.45, 7) is 5.26. The summed E-state index contributed by atoms with van der Waals surface area (Å²) in [7, 11) is 0. The van der Waals surface area contributed by atoms with E-state index < -0.39 is 29.4 Å². The number of alkyl halides is 3. The number of benzene rings is 1. The number of amides is 2. The first kappa shape index (κ1) is 19.1. The van der Waals surface area contributed by atoms with Crippen molar-refractivity contribution in [2.24, 2.45) is 0 Å². The van der Waals surface area contributed by atoms with Crippen molar-refractivity contribution in [2.45, 2.75) is 38.6 Å². The standard InChI is InChI=1S/C15H21F3N2O3/c1-14(2,3)20-13(22)19-8-11(21)9-23-12-6-4-10(5-7-12)15(16,17)18/h4-7,11,21H,8-9H2,1-3H3,(H2,19,20,22). The molecule has 23 heavy (non-hydrogen) atoms. The molecular weight excluding hydrogens is 313 g/mol. The Morgan fingerprint density at radius 3 is 2.26 bits per heavy atom. The third kappa shape index (κ3) is 7.73. The molecule has 3 N–H and O–H groups in total. The minimum Gasteiger partial charge on any atom is -0.491 e. The third-order valence-corrected chi connectivity index (χ3v) is 2.61. The van der Waals surface area contributed by atoms with Crippen LogP contribution in [0, 0.1) is 0 Å². The van der Waals surface area contributed by atoms with Crippen LogP contribution in [0.4, 0.5) is 18.0 Å². The molecule has 0 aromatic heterocycles. The molecular formula is C15H21F3N2O3. The minimum atomic E-state index is -4.40. The van der Waals surface area contributed by atoms with Gasteiger partial charge >= 0.3 is 12.2 Å². The normalized spacial score (nSPS) is 13.3. The Bertz CT molecular complexity index is 510. The van der Waals surface area contributed by atoms with Gasteiger partial charge < -0.3 is 20.5 Å². The number of aliphatic hydroxyl groups is 1. The highest BCUT2D eigenvalue weighted by molar-refractivity contribution is 5.74. The van der Waals surface area contributed by atoms with E-state index in [4.69, 9.17) is 4.74 Å². The fraction of sp³-hybridized carbons (Fsp3) is 0.533. The number of hydrogen-bond donors (Lipinski definition) is 3. The largest absolute Gasteiger partial charge is 0.491 e. The van der Waals surface area contributed by atoms with E-state index in [1.165, 1.54) is 12.1 Å². The van der Waals surface area contributed by atoms with Crippen molar-refractivity contribution in [3.8, 4) is 5.75 Å². The van der Waals surface area contributed by atoms with Gasteiger partial charge in [-0.3, -0.25) is 0 Å². The summed E-state index contributed by atoms with van der Waals surface area (Å²) in [5.74, 6) is 0.205. The first-order valence-corrected chi connectivity index (χ1v) is 7.01. The summed E-state index contributed by atoms with van der Waals surface area (Å²) in [5.41, 5.74) is -1.17. The first-order valence-electron chi connectivity index (χ1n) is 7.01. The molecule has 0 aliphatic heterocycles. The van der Waals surface area contributed by atoms with Gasteiger partial charge in [-0.1, -0.05) is 0 Å². The van der Waals surface area contributed by atoms with Crippen LogP contribution >= 0.6 is 0 Å². The van der Waals surface area contributed by atoms with Gasteiger partial charge in [0.25, 0.3) is 0 Å². The molecule has 1 aromatic rings. The fourth-order valence-electron chi connectivity index (χ4n) is 1.59. The summed E-state index contributed by atoms with van der Waals surface area (Å²) in [6.07, 6.45) is -5.38. The summed E-state index contributed by atoms with van der Waals surface area (Å²) in [6, 6.07) is 3.73. The zero-order valence-corrected chi connectivity index (χ0v) is 13.2. The van der Waals surface area contributed by atoms with Crippen LogP contribution in [-0.2, 0) is 6.18 Å². The van der Waals surface area contributed by atoms with Crippen LogP contribution in [0.1, 0.15) is 26.3 Å². The molecule has 0 bridgehead atoms. The van der Waals surface area contributed by atoms with Gasteiger partial charge in [-0.2, -0.15) is 13.2 Å². The lowest BCUT2D eigenvalue weighted by molar-refractivity contribution is -0.137. The number of nitrogens with one attached hydrogen (secondary N) is 2. The Labute approximate surface area is 132 Å². The molecule has 5 nitrogen and oxygen atoms in total. The molecule has 0 aliphatic carbocycles. The molecule has 130 valence electrons. The van der Waals surface area contributed by atoms with E-state index in [1.807, 2.05) is 20.8 Å². The third-order valence-electron chi connectivity index (χ3n) is 2.61. The average molecular weight is 334 g/mol. The van der Waals surface area contributed by atoms with Crippen LogP contribution in [0.15, 0.2) is 24.3 Å². The number of carbonyl (C=O) groups excluding carboxylic acids is 1. The molecule has 1 aromatic carbocycles. The van der Waals surface area contributed by atoms with Gasteiger partial charge in [0.15, 0.2) is 0 Å². The number of hydrogen-bond acceptors (Lipinski definition) is 3. The van der Waals surface area contributed by atoms with Gasteiger partial charge in [0.1, 0.15) is 18.5 Å². The van der Waals surface area contributed by atoms with Crippen molar-refractivity contribution in [1.29, 1.82) is 0 Å². The topological polar surface area (TPSA) is 70.6 Å². The highest BCUT2D eigenvalue weighted by Gasteiger charge is 2.30. The molecule has 0 aliphatic rings. The summed E-state index contributed by atoms with van der Waals surface area (Å²) >= 11 is 0. The lowest BCUT2D eigenvalue weighted by atomic mass is 10.1. The molecule has 8 heteroatoms. The van der Waals surface area contributed by atoms with Crippen molar-refractivity contribution in [3.63, 3.8) is 0 Å². The molecule has 1 atom stereocenters. The number of aliphatic hydroxyl groups excluding tert-OH is 1.